The second-order valence-electron chi connectivity index (χ2n) is 3.56. The molecule has 0 atom stereocenters. The van der Waals surface area contributed by atoms with Crippen molar-refractivity contribution in [2.75, 3.05) is 18.9 Å². The van der Waals surface area contributed by atoms with Gasteiger partial charge in [-0.1, -0.05) is 0 Å². The normalized spacial score (nSPS) is 9.33. The SMILES string of the molecule is CN(CCC#N)C(=S)Nc1ccc([N+](=O)[O-])cc1. The number of nitriles is 1. The third-order valence-corrected chi connectivity index (χ3v) is 2.65. The van der Waals surface area contributed by atoms with Crippen LogP contribution in [0.25, 0.3) is 0 Å². The van der Waals surface area contributed by atoms with Gasteiger partial charge in [0.15, 0.2) is 5.11 Å². The van der Waals surface area contributed by atoms with Crippen molar-refractivity contribution in [3.8, 4) is 6.07 Å². The summed E-state index contributed by atoms with van der Waals surface area (Å²) in [4.78, 5) is 11.8. The smallest absolute Gasteiger partial charge is 0.269 e. The molecule has 1 rings (SSSR count). The summed E-state index contributed by atoms with van der Waals surface area (Å²) in [5.74, 6) is 0. The molecule has 0 aromatic heterocycles. The summed E-state index contributed by atoms with van der Waals surface area (Å²) >= 11 is 5.13. The second kappa shape index (κ2) is 6.51. The molecule has 94 valence electrons. The van der Waals surface area contributed by atoms with Crippen LogP contribution < -0.4 is 5.32 Å². The highest BCUT2D eigenvalue weighted by molar-refractivity contribution is 7.80. The van der Waals surface area contributed by atoms with Gasteiger partial charge < -0.3 is 10.2 Å². The molecule has 1 aromatic rings. The van der Waals surface area contributed by atoms with Gasteiger partial charge >= 0.3 is 0 Å². The topological polar surface area (TPSA) is 82.2 Å². The average molecular weight is 264 g/mol. The first-order chi connectivity index (χ1) is 8.54. The Kier molecular flexibility index (Phi) is 5.02. The van der Waals surface area contributed by atoms with E-state index in [0.717, 1.165) is 0 Å². The minimum Gasteiger partial charge on any atom is -0.351 e. The van der Waals surface area contributed by atoms with Gasteiger partial charge in [-0.2, -0.15) is 5.26 Å². The molecule has 0 aliphatic heterocycles. The van der Waals surface area contributed by atoms with E-state index in [0.29, 0.717) is 23.8 Å². The van der Waals surface area contributed by atoms with Gasteiger partial charge in [0, 0.05) is 31.4 Å². The molecular weight excluding hydrogens is 252 g/mol. The number of non-ortho nitro benzene ring substituents is 1. The lowest BCUT2D eigenvalue weighted by Gasteiger charge is -2.19. The van der Waals surface area contributed by atoms with Crippen molar-refractivity contribution in [2.24, 2.45) is 0 Å². The Hall–Kier alpha value is -2.20. The monoisotopic (exact) mass is 264 g/mol. The molecule has 0 saturated heterocycles. The molecule has 18 heavy (non-hydrogen) atoms. The molecule has 0 saturated carbocycles. The van der Waals surface area contributed by atoms with E-state index in [-0.39, 0.29) is 5.69 Å². The van der Waals surface area contributed by atoms with Crippen molar-refractivity contribution >= 4 is 28.7 Å². The highest BCUT2D eigenvalue weighted by atomic mass is 32.1. The number of nitro groups is 1. The van der Waals surface area contributed by atoms with Crippen LogP contribution in [0, 0.1) is 21.4 Å². The Morgan fingerprint density at radius 3 is 2.67 bits per heavy atom. The quantitative estimate of drug-likeness (QED) is 0.509. The summed E-state index contributed by atoms with van der Waals surface area (Å²) in [6.07, 6.45) is 0.387. The summed E-state index contributed by atoms with van der Waals surface area (Å²) in [6, 6.07) is 8.01. The Morgan fingerprint density at radius 2 is 2.17 bits per heavy atom. The number of rotatable bonds is 4. The largest absolute Gasteiger partial charge is 0.351 e. The van der Waals surface area contributed by atoms with Gasteiger partial charge in [-0.25, -0.2) is 0 Å². The maximum absolute atomic E-state index is 10.5. The zero-order valence-electron chi connectivity index (χ0n) is 9.79. The standard InChI is InChI=1S/C11H12N4O2S/c1-14(8-2-7-12)11(18)13-9-3-5-10(6-4-9)15(16)17/h3-6H,2,8H2,1H3,(H,13,18). The number of nitrogens with one attached hydrogen (secondary N) is 1. The van der Waals surface area contributed by atoms with Crippen LogP contribution in [-0.2, 0) is 0 Å². The minimum atomic E-state index is -0.457. The molecule has 1 aromatic carbocycles. The molecule has 0 fully saturated rings. The first-order valence-electron chi connectivity index (χ1n) is 5.18. The molecule has 7 heteroatoms. The Morgan fingerprint density at radius 1 is 1.56 bits per heavy atom. The molecule has 1 N–H and O–H groups in total. The van der Waals surface area contributed by atoms with Crippen LogP contribution in [0.3, 0.4) is 0 Å². The van der Waals surface area contributed by atoms with E-state index in [1.807, 2.05) is 6.07 Å². The minimum absolute atomic E-state index is 0.0318. The van der Waals surface area contributed by atoms with Crippen molar-refractivity contribution in [3.63, 3.8) is 0 Å². The third-order valence-electron chi connectivity index (χ3n) is 2.24. The molecule has 0 unspecified atom stereocenters. The zero-order valence-corrected chi connectivity index (χ0v) is 10.6. The summed E-state index contributed by atoms with van der Waals surface area (Å²) in [5, 5.41) is 22.4. The molecule has 0 aliphatic rings. The molecule has 6 nitrogen and oxygen atoms in total. The molecule has 0 heterocycles. The van der Waals surface area contributed by atoms with Crippen LogP contribution in [0.4, 0.5) is 11.4 Å². The van der Waals surface area contributed by atoms with Gasteiger partial charge in [0.1, 0.15) is 0 Å². The number of hydrogen-bond acceptors (Lipinski definition) is 4. The molecular formula is C11H12N4O2S. The van der Waals surface area contributed by atoms with Crippen molar-refractivity contribution in [1.82, 2.24) is 4.90 Å². The fourth-order valence-corrected chi connectivity index (χ4v) is 1.41. The first kappa shape index (κ1) is 13.9. The number of nitro benzene ring substituents is 1. The summed E-state index contributed by atoms with van der Waals surface area (Å²) in [6.45, 7) is 0.537. The number of benzene rings is 1. The van der Waals surface area contributed by atoms with Gasteiger partial charge in [-0.05, 0) is 24.4 Å². The van der Waals surface area contributed by atoms with Crippen LogP contribution in [0.2, 0.25) is 0 Å². The van der Waals surface area contributed by atoms with E-state index >= 15 is 0 Å². The molecule has 0 amide bonds. The highest BCUT2D eigenvalue weighted by Crippen LogP contribution is 2.15. The van der Waals surface area contributed by atoms with Gasteiger partial charge in [0.05, 0.1) is 17.4 Å². The van der Waals surface area contributed by atoms with Gasteiger partial charge in [-0.3, -0.25) is 10.1 Å². The fourth-order valence-electron chi connectivity index (χ4n) is 1.20. The molecule has 0 spiro atoms. The lowest BCUT2D eigenvalue weighted by molar-refractivity contribution is -0.384. The van der Waals surface area contributed by atoms with Crippen molar-refractivity contribution in [2.45, 2.75) is 6.42 Å². The van der Waals surface area contributed by atoms with E-state index in [4.69, 9.17) is 17.5 Å². The third kappa shape index (κ3) is 3.99. The van der Waals surface area contributed by atoms with E-state index in [9.17, 15) is 10.1 Å². The summed E-state index contributed by atoms with van der Waals surface area (Å²) < 4.78 is 0. The molecule has 0 bridgehead atoms. The molecule has 0 aliphatic carbocycles. The molecule has 0 radical (unpaired) electrons. The van der Waals surface area contributed by atoms with Crippen LogP contribution in [0.1, 0.15) is 6.42 Å². The highest BCUT2D eigenvalue weighted by Gasteiger charge is 2.06. The average Bonchev–Trinajstić information content (AvgIpc) is 2.36. The van der Waals surface area contributed by atoms with Gasteiger partial charge in [0.25, 0.3) is 5.69 Å². The number of hydrogen-bond donors (Lipinski definition) is 1. The lowest BCUT2D eigenvalue weighted by atomic mass is 10.3. The lowest BCUT2D eigenvalue weighted by Crippen LogP contribution is -2.31. The predicted octanol–water partition coefficient (Wildman–Crippen LogP) is 2.14. The van der Waals surface area contributed by atoms with E-state index in [1.165, 1.54) is 12.1 Å². The Balaban J connectivity index is 2.59. The Bertz CT molecular complexity index is 481. The fraction of sp³-hybridized carbons (Fsp3) is 0.273. The number of nitrogens with zero attached hydrogens (tertiary/aromatic N) is 3. The number of anilines is 1. The zero-order chi connectivity index (χ0) is 13.5. The Labute approximate surface area is 110 Å². The van der Waals surface area contributed by atoms with E-state index in [1.54, 1.807) is 24.1 Å². The van der Waals surface area contributed by atoms with Crippen LogP contribution in [0.15, 0.2) is 24.3 Å². The van der Waals surface area contributed by atoms with Crippen molar-refractivity contribution < 1.29 is 4.92 Å². The van der Waals surface area contributed by atoms with Gasteiger partial charge in [-0.15, -0.1) is 0 Å². The maximum Gasteiger partial charge on any atom is 0.269 e. The van der Waals surface area contributed by atoms with Crippen LogP contribution in [-0.4, -0.2) is 28.5 Å². The first-order valence-corrected chi connectivity index (χ1v) is 5.59. The number of thiocarbonyl (C=S) groups is 1. The van der Waals surface area contributed by atoms with E-state index < -0.39 is 4.92 Å². The second-order valence-corrected chi connectivity index (χ2v) is 3.95. The summed E-state index contributed by atoms with van der Waals surface area (Å²) in [5.41, 5.74) is 0.707. The van der Waals surface area contributed by atoms with Crippen LogP contribution in [0.5, 0.6) is 0 Å². The van der Waals surface area contributed by atoms with Gasteiger partial charge in [0.2, 0.25) is 0 Å². The predicted molar refractivity (Wildman–Crippen MR) is 72.2 cm³/mol. The van der Waals surface area contributed by atoms with E-state index in [2.05, 4.69) is 5.32 Å². The van der Waals surface area contributed by atoms with Crippen LogP contribution >= 0.6 is 12.2 Å². The van der Waals surface area contributed by atoms with Crippen molar-refractivity contribution in [1.29, 1.82) is 5.26 Å². The maximum atomic E-state index is 10.5. The van der Waals surface area contributed by atoms with Crippen molar-refractivity contribution in [3.05, 3.63) is 34.4 Å². The summed E-state index contributed by atoms with van der Waals surface area (Å²) in [7, 11) is 1.78.